The lowest BCUT2D eigenvalue weighted by Gasteiger charge is -2.29. The minimum Gasteiger partial charge on any atom is -0.454 e. The molecule has 0 spiro atoms. The summed E-state index contributed by atoms with van der Waals surface area (Å²) in [6.07, 6.45) is 0.341. The second-order valence-corrected chi connectivity index (χ2v) is 7.72. The van der Waals surface area contributed by atoms with E-state index in [1.165, 1.54) is 11.0 Å². The maximum Gasteiger partial charge on any atom is 0.326 e. The molecule has 1 fully saturated rings. The maximum absolute atomic E-state index is 13.1. The fourth-order valence-electron chi connectivity index (χ4n) is 4.11. The highest BCUT2D eigenvalue weighted by molar-refractivity contribution is 6.15. The number of benzene rings is 2. The van der Waals surface area contributed by atoms with Crippen LogP contribution in [0.2, 0.25) is 0 Å². The van der Waals surface area contributed by atoms with E-state index in [2.05, 4.69) is 16.0 Å². The normalized spacial score (nSPS) is 18.6. The van der Waals surface area contributed by atoms with E-state index < -0.39 is 29.8 Å². The second-order valence-electron chi connectivity index (χ2n) is 7.72. The van der Waals surface area contributed by atoms with Crippen LogP contribution in [-0.2, 0) is 16.1 Å². The molecule has 33 heavy (non-hydrogen) atoms. The van der Waals surface area contributed by atoms with E-state index in [4.69, 9.17) is 9.47 Å². The number of imide groups is 2. The Hall–Kier alpha value is -4.41. The number of nitrogens with one attached hydrogen (secondary N) is 3. The van der Waals surface area contributed by atoms with E-state index in [0.717, 1.165) is 0 Å². The van der Waals surface area contributed by atoms with Crippen LogP contribution in [0, 0.1) is 0 Å². The first-order chi connectivity index (χ1) is 15.9. The van der Waals surface area contributed by atoms with E-state index in [1.54, 1.807) is 30.3 Å². The lowest BCUT2D eigenvalue weighted by Crippen LogP contribution is -2.52. The van der Waals surface area contributed by atoms with Gasteiger partial charge in [-0.25, -0.2) is 4.79 Å². The Morgan fingerprint density at radius 3 is 2.70 bits per heavy atom. The van der Waals surface area contributed by atoms with Gasteiger partial charge in [-0.2, -0.15) is 0 Å². The Balaban J connectivity index is 1.30. The molecule has 11 heteroatoms. The number of piperidine rings is 1. The third-order valence-electron chi connectivity index (χ3n) is 5.65. The molecule has 3 N–H and O–H groups in total. The molecule has 3 aliphatic rings. The average molecular weight is 450 g/mol. The number of urea groups is 1. The molecule has 1 saturated heterocycles. The van der Waals surface area contributed by atoms with Crippen molar-refractivity contribution < 1.29 is 33.4 Å². The highest BCUT2D eigenvalue weighted by atomic mass is 16.7. The lowest BCUT2D eigenvalue weighted by molar-refractivity contribution is -0.136. The molecule has 2 aromatic carbocycles. The number of anilines is 1. The highest BCUT2D eigenvalue weighted by Gasteiger charge is 2.40. The number of carbonyl (C=O) groups is 5. The fourth-order valence-corrected chi connectivity index (χ4v) is 4.11. The van der Waals surface area contributed by atoms with Crippen molar-refractivity contribution in [3.63, 3.8) is 0 Å². The topological polar surface area (TPSA) is 143 Å². The van der Waals surface area contributed by atoms with E-state index in [-0.39, 0.29) is 43.2 Å². The van der Waals surface area contributed by atoms with Crippen molar-refractivity contribution in [1.29, 1.82) is 0 Å². The molecule has 0 aliphatic carbocycles. The predicted octanol–water partition coefficient (Wildman–Crippen LogP) is 1.14. The second kappa shape index (κ2) is 7.93. The first kappa shape index (κ1) is 20.5. The number of ether oxygens (including phenoxy) is 2. The minimum atomic E-state index is -0.798. The molecule has 0 saturated carbocycles. The summed E-state index contributed by atoms with van der Waals surface area (Å²) in [6, 6.07) is 7.93. The zero-order valence-electron chi connectivity index (χ0n) is 17.2. The van der Waals surface area contributed by atoms with Gasteiger partial charge >= 0.3 is 6.03 Å². The van der Waals surface area contributed by atoms with Crippen molar-refractivity contribution in [1.82, 2.24) is 15.5 Å². The van der Waals surface area contributed by atoms with Crippen molar-refractivity contribution in [2.24, 2.45) is 0 Å². The highest BCUT2D eigenvalue weighted by Crippen LogP contribution is 2.34. The molecule has 1 atom stereocenters. The van der Waals surface area contributed by atoms with Crippen LogP contribution >= 0.6 is 0 Å². The van der Waals surface area contributed by atoms with Crippen molar-refractivity contribution in [2.75, 3.05) is 12.1 Å². The molecule has 0 bridgehead atoms. The summed E-state index contributed by atoms with van der Waals surface area (Å²) in [6.45, 7) is 0.220. The van der Waals surface area contributed by atoms with Gasteiger partial charge in [-0.1, -0.05) is 12.1 Å². The Bertz CT molecular complexity index is 1230. The summed E-state index contributed by atoms with van der Waals surface area (Å²) >= 11 is 0. The van der Waals surface area contributed by atoms with Gasteiger partial charge in [0, 0.05) is 24.7 Å². The van der Waals surface area contributed by atoms with E-state index in [0.29, 0.717) is 22.7 Å². The van der Waals surface area contributed by atoms with E-state index in [1.807, 2.05) is 0 Å². The summed E-state index contributed by atoms with van der Waals surface area (Å²) < 4.78 is 10.5. The molecular weight excluding hydrogens is 432 g/mol. The van der Waals surface area contributed by atoms with Gasteiger partial charge in [0.05, 0.1) is 11.1 Å². The first-order valence-corrected chi connectivity index (χ1v) is 10.2. The molecule has 0 aromatic heterocycles. The van der Waals surface area contributed by atoms with Crippen LogP contribution in [0.5, 0.6) is 11.5 Å². The maximum atomic E-state index is 13.1. The third-order valence-corrected chi connectivity index (χ3v) is 5.65. The zero-order valence-corrected chi connectivity index (χ0v) is 17.2. The number of amides is 6. The molecule has 1 unspecified atom stereocenters. The average Bonchev–Trinajstić information content (AvgIpc) is 3.37. The summed E-state index contributed by atoms with van der Waals surface area (Å²) in [5, 5.41) is 6.99. The van der Waals surface area contributed by atoms with Gasteiger partial charge in [-0.3, -0.25) is 29.8 Å². The van der Waals surface area contributed by atoms with Crippen LogP contribution in [0.25, 0.3) is 0 Å². The number of nitrogens with zero attached hydrogens (tertiary/aromatic N) is 1. The number of hydrogen-bond acceptors (Lipinski definition) is 7. The number of fused-ring (bicyclic) bond motifs is 2. The van der Waals surface area contributed by atoms with Gasteiger partial charge in [0.15, 0.2) is 11.5 Å². The van der Waals surface area contributed by atoms with Gasteiger partial charge < -0.3 is 19.7 Å². The van der Waals surface area contributed by atoms with Crippen LogP contribution in [0.4, 0.5) is 10.5 Å². The summed E-state index contributed by atoms with van der Waals surface area (Å²) in [5.74, 6) is -1.16. The van der Waals surface area contributed by atoms with Gasteiger partial charge in [-0.05, 0) is 30.2 Å². The van der Waals surface area contributed by atoms with Crippen molar-refractivity contribution in [3.05, 3.63) is 53.1 Å². The molecule has 5 rings (SSSR count). The van der Waals surface area contributed by atoms with Gasteiger partial charge in [0.1, 0.15) is 6.04 Å². The first-order valence-electron chi connectivity index (χ1n) is 10.2. The van der Waals surface area contributed by atoms with Crippen LogP contribution < -0.4 is 25.4 Å². The number of hydrogen-bond donors (Lipinski definition) is 3. The van der Waals surface area contributed by atoms with E-state index >= 15 is 0 Å². The van der Waals surface area contributed by atoms with Gasteiger partial charge in [-0.15, -0.1) is 0 Å². The third kappa shape index (κ3) is 3.73. The number of rotatable bonds is 3. The van der Waals surface area contributed by atoms with Crippen LogP contribution in [-0.4, -0.2) is 47.4 Å². The predicted molar refractivity (Wildman–Crippen MR) is 112 cm³/mol. The Labute approximate surface area is 187 Å². The van der Waals surface area contributed by atoms with E-state index in [9.17, 15) is 24.0 Å². The Morgan fingerprint density at radius 2 is 1.88 bits per heavy atom. The molecule has 6 amide bonds. The smallest absolute Gasteiger partial charge is 0.326 e. The molecule has 3 heterocycles. The van der Waals surface area contributed by atoms with Gasteiger partial charge in [0.25, 0.3) is 11.8 Å². The molecule has 2 aromatic rings. The quantitative estimate of drug-likeness (QED) is 0.595. The van der Waals surface area contributed by atoms with Crippen molar-refractivity contribution in [3.8, 4) is 11.5 Å². The summed E-state index contributed by atoms with van der Waals surface area (Å²) in [5.41, 5.74) is 1.11. The largest absolute Gasteiger partial charge is 0.454 e. The monoisotopic (exact) mass is 450 g/mol. The van der Waals surface area contributed by atoms with Crippen molar-refractivity contribution >= 4 is 35.3 Å². The van der Waals surface area contributed by atoms with Crippen molar-refractivity contribution in [2.45, 2.75) is 25.4 Å². The molecule has 168 valence electrons. The van der Waals surface area contributed by atoms with Crippen LogP contribution in [0.15, 0.2) is 36.4 Å². The standard InChI is InChI=1S/C22H18N4O7/c27-17-7-5-14(20(29)24-17)26-9-11-2-1-3-13(18(11)21(26)30)19(28)25-22(31)23-12-4-6-15-16(8-12)33-10-32-15/h1-4,6,8,14H,5,7,9-10H2,(H,24,27,29)(H2,23,25,28,31). The summed E-state index contributed by atoms with van der Waals surface area (Å²) in [4.78, 5) is 63.3. The van der Waals surface area contributed by atoms with Crippen LogP contribution in [0.3, 0.4) is 0 Å². The lowest BCUT2D eigenvalue weighted by atomic mass is 10.0. The fraction of sp³-hybridized carbons (Fsp3) is 0.227. The summed E-state index contributed by atoms with van der Waals surface area (Å²) in [7, 11) is 0. The SMILES string of the molecule is O=C1CCC(N2Cc3cccc(C(=O)NC(=O)Nc4ccc5c(c4)OCO5)c3C2=O)C(=O)N1. The zero-order chi connectivity index (χ0) is 23.1. The molecule has 0 radical (unpaired) electrons. The Morgan fingerprint density at radius 1 is 1.06 bits per heavy atom. The van der Waals surface area contributed by atoms with Gasteiger partial charge in [0.2, 0.25) is 18.6 Å². The molecule has 11 nitrogen and oxygen atoms in total. The number of carbonyl (C=O) groups excluding carboxylic acids is 5. The molecule has 3 aliphatic heterocycles. The molecular formula is C22H18N4O7. The minimum absolute atomic E-state index is 0.0214. The van der Waals surface area contributed by atoms with Crippen LogP contribution in [0.1, 0.15) is 39.1 Å². The Kier molecular flexibility index (Phi) is 4.93.